The first-order valence-corrected chi connectivity index (χ1v) is 5.90. The second-order valence-corrected chi connectivity index (χ2v) is 4.78. The lowest BCUT2D eigenvalue weighted by Crippen LogP contribution is -2.32. The predicted octanol–water partition coefficient (Wildman–Crippen LogP) is 2.56. The molecule has 0 fully saturated rings. The van der Waals surface area contributed by atoms with E-state index in [-0.39, 0.29) is 5.78 Å². The van der Waals surface area contributed by atoms with Crippen LogP contribution in [0.5, 0.6) is 5.75 Å². The van der Waals surface area contributed by atoms with Gasteiger partial charge in [-0.25, -0.2) is 0 Å². The van der Waals surface area contributed by atoms with Gasteiger partial charge in [0.1, 0.15) is 5.75 Å². The molecule has 1 unspecified atom stereocenters. The Bertz CT molecular complexity index is 399. The normalized spacial score (nSPS) is 12.6. The van der Waals surface area contributed by atoms with E-state index < -0.39 is 6.04 Å². The van der Waals surface area contributed by atoms with Gasteiger partial charge in [0.05, 0.1) is 13.2 Å². The molecule has 3 heteroatoms. The quantitative estimate of drug-likeness (QED) is 0.798. The number of rotatable bonds is 5. The van der Waals surface area contributed by atoms with Gasteiger partial charge in [0.15, 0.2) is 5.78 Å². The van der Waals surface area contributed by atoms with Crippen LogP contribution < -0.4 is 10.5 Å². The molecule has 0 amide bonds. The highest BCUT2D eigenvalue weighted by Gasteiger charge is 2.18. The van der Waals surface area contributed by atoms with E-state index >= 15 is 0 Å². The highest BCUT2D eigenvalue weighted by Crippen LogP contribution is 2.19. The van der Waals surface area contributed by atoms with Gasteiger partial charge in [0.25, 0.3) is 0 Å². The van der Waals surface area contributed by atoms with Crippen LogP contribution in [0.2, 0.25) is 0 Å². The summed E-state index contributed by atoms with van der Waals surface area (Å²) in [5.41, 5.74) is 7.51. The minimum Gasteiger partial charge on any atom is -0.497 e. The van der Waals surface area contributed by atoms with Crippen molar-refractivity contribution >= 4 is 5.78 Å². The fourth-order valence-corrected chi connectivity index (χ4v) is 1.85. The van der Waals surface area contributed by atoms with Crippen molar-refractivity contribution in [2.75, 3.05) is 7.11 Å². The Hall–Kier alpha value is -1.35. The van der Waals surface area contributed by atoms with Crippen molar-refractivity contribution in [3.05, 3.63) is 29.3 Å². The third-order valence-corrected chi connectivity index (χ3v) is 2.76. The van der Waals surface area contributed by atoms with Crippen molar-refractivity contribution in [2.24, 2.45) is 11.7 Å². The number of hydrogen-bond donors (Lipinski definition) is 1. The van der Waals surface area contributed by atoms with E-state index in [9.17, 15) is 4.79 Å². The van der Waals surface area contributed by atoms with Gasteiger partial charge in [-0.3, -0.25) is 4.79 Å². The van der Waals surface area contributed by atoms with E-state index in [1.807, 2.05) is 13.0 Å². The molecule has 0 aliphatic rings. The van der Waals surface area contributed by atoms with Crippen LogP contribution in [0, 0.1) is 12.8 Å². The zero-order chi connectivity index (χ0) is 13.0. The smallest absolute Gasteiger partial charge is 0.179 e. The summed E-state index contributed by atoms with van der Waals surface area (Å²) in [6.45, 7) is 6.03. The largest absolute Gasteiger partial charge is 0.497 e. The average Bonchev–Trinajstić information content (AvgIpc) is 2.27. The molecule has 1 rings (SSSR count). The van der Waals surface area contributed by atoms with Gasteiger partial charge in [-0.05, 0) is 43.0 Å². The third kappa shape index (κ3) is 3.56. The molecular weight excluding hydrogens is 214 g/mol. The molecule has 0 saturated carbocycles. The van der Waals surface area contributed by atoms with E-state index in [0.29, 0.717) is 17.9 Å². The molecule has 0 saturated heterocycles. The van der Waals surface area contributed by atoms with Crippen molar-refractivity contribution in [2.45, 2.75) is 33.2 Å². The molecular formula is C14H21NO2. The van der Waals surface area contributed by atoms with Gasteiger partial charge >= 0.3 is 0 Å². The van der Waals surface area contributed by atoms with Crippen LogP contribution in [0.1, 0.15) is 36.2 Å². The zero-order valence-electron chi connectivity index (χ0n) is 11.0. The van der Waals surface area contributed by atoms with Crippen LogP contribution >= 0.6 is 0 Å². The van der Waals surface area contributed by atoms with Crippen molar-refractivity contribution < 1.29 is 9.53 Å². The summed E-state index contributed by atoms with van der Waals surface area (Å²) >= 11 is 0. The molecule has 0 aliphatic carbocycles. The second-order valence-electron chi connectivity index (χ2n) is 4.78. The standard InChI is InChI=1S/C14H21NO2/c1-9(2)7-13(15)14(16)12-6-5-11(17-4)8-10(12)3/h5-6,8-9,13H,7,15H2,1-4H3. The molecule has 1 aromatic rings. The third-order valence-electron chi connectivity index (χ3n) is 2.76. The molecule has 0 bridgehead atoms. The number of methoxy groups -OCH3 is 1. The van der Waals surface area contributed by atoms with Crippen LogP contribution in [0.3, 0.4) is 0 Å². The molecule has 0 heterocycles. The minimum atomic E-state index is -0.415. The van der Waals surface area contributed by atoms with E-state index in [1.54, 1.807) is 19.2 Å². The first-order chi connectivity index (χ1) is 7.95. The first kappa shape index (κ1) is 13.7. The highest BCUT2D eigenvalue weighted by atomic mass is 16.5. The number of aryl methyl sites for hydroxylation is 1. The van der Waals surface area contributed by atoms with Gasteiger partial charge < -0.3 is 10.5 Å². The molecule has 0 radical (unpaired) electrons. The summed E-state index contributed by atoms with van der Waals surface area (Å²) in [4.78, 5) is 12.1. The van der Waals surface area contributed by atoms with Gasteiger partial charge in [-0.15, -0.1) is 0 Å². The SMILES string of the molecule is COc1ccc(C(=O)C(N)CC(C)C)c(C)c1. The van der Waals surface area contributed by atoms with Gasteiger partial charge in [-0.2, -0.15) is 0 Å². The first-order valence-electron chi connectivity index (χ1n) is 5.90. The number of ether oxygens (including phenoxy) is 1. The van der Waals surface area contributed by atoms with Crippen molar-refractivity contribution in [3.8, 4) is 5.75 Å². The molecule has 17 heavy (non-hydrogen) atoms. The maximum absolute atomic E-state index is 12.1. The van der Waals surface area contributed by atoms with Crippen LogP contribution in [0.4, 0.5) is 0 Å². The summed E-state index contributed by atoms with van der Waals surface area (Å²) in [7, 11) is 1.61. The fraction of sp³-hybridized carbons (Fsp3) is 0.500. The van der Waals surface area contributed by atoms with E-state index in [0.717, 1.165) is 11.3 Å². The van der Waals surface area contributed by atoms with Crippen LogP contribution in [-0.4, -0.2) is 18.9 Å². The molecule has 94 valence electrons. The monoisotopic (exact) mass is 235 g/mol. The Morgan fingerprint density at radius 1 is 1.41 bits per heavy atom. The minimum absolute atomic E-state index is 0.0128. The van der Waals surface area contributed by atoms with E-state index in [4.69, 9.17) is 10.5 Å². The Balaban J connectivity index is 2.89. The van der Waals surface area contributed by atoms with Crippen LogP contribution in [0.15, 0.2) is 18.2 Å². The zero-order valence-corrected chi connectivity index (χ0v) is 11.0. The number of carbonyl (C=O) groups is 1. The molecule has 0 aliphatic heterocycles. The topological polar surface area (TPSA) is 52.3 Å². The molecule has 0 aromatic heterocycles. The lowest BCUT2D eigenvalue weighted by Gasteiger charge is -2.14. The lowest BCUT2D eigenvalue weighted by molar-refractivity contribution is 0.0950. The molecule has 1 atom stereocenters. The van der Waals surface area contributed by atoms with Crippen LogP contribution in [0.25, 0.3) is 0 Å². The highest BCUT2D eigenvalue weighted by molar-refractivity contribution is 6.01. The Kier molecular flexibility index (Phi) is 4.70. The summed E-state index contributed by atoms with van der Waals surface area (Å²) < 4.78 is 5.11. The Morgan fingerprint density at radius 2 is 2.06 bits per heavy atom. The lowest BCUT2D eigenvalue weighted by atomic mass is 9.94. The molecule has 1 aromatic carbocycles. The summed E-state index contributed by atoms with van der Waals surface area (Å²) in [6, 6.07) is 5.02. The Labute approximate surface area is 103 Å². The number of hydrogen-bond acceptors (Lipinski definition) is 3. The van der Waals surface area contributed by atoms with Crippen molar-refractivity contribution in [1.82, 2.24) is 0 Å². The fourth-order valence-electron chi connectivity index (χ4n) is 1.85. The second kappa shape index (κ2) is 5.82. The number of ketones is 1. The molecule has 2 N–H and O–H groups in total. The maximum Gasteiger partial charge on any atom is 0.179 e. The number of carbonyl (C=O) groups excluding carboxylic acids is 1. The predicted molar refractivity (Wildman–Crippen MR) is 69.5 cm³/mol. The Morgan fingerprint density at radius 3 is 2.53 bits per heavy atom. The molecule has 3 nitrogen and oxygen atoms in total. The summed E-state index contributed by atoms with van der Waals surface area (Å²) in [5, 5.41) is 0. The van der Waals surface area contributed by atoms with E-state index in [1.165, 1.54) is 0 Å². The summed E-state index contributed by atoms with van der Waals surface area (Å²) in [6.07, 6.45) is 0.713. The number of Topliss-reactive ketones (excluding diaryl/α,β-unsaturated/α-hetero) is 1. The molecule has 0 spiro atoms. The average molecular weight is 235 g/mol. The van der Waals surface area contributed by atoms with E-state index in [2.05, 4.69) is 13.8 Å². The van der Waals surface area contributed by atoms with Crippen molar-refractivity contribution in [3.63, 3.8) is 0 Å². The van der Waals surface area contributed by atoms with Gasteiger partial charge in [-0.1, -0.05) is 13.8 Å². The maximum atomic E-state index is 12.1. The van der Waals surface area contributed by atoms with Gasteiger partial charge in [0, 0.05) is 5.56 Å². The van der Waals surface area contributed by atoms with Crippen LogP contribution in [-0.2, 0) is 0 Å². The number of benzene rings is 1. The number of nitrogens with two attached hydrogens (primary N) is 1. The summed E-state index contributed by atoms with van der Waals surface area (Å²) in [5.74, 6) is 1.20. The van der Waals surface area contributed by atoms with Gasteiger partial charge in [0.2, 0.25) is 0 Å². The van der Waals surface area contributed by atoms with Crippen molar-refractivity contribution in [1.29, 1.82) is 0 Å².